The van der Waals surface area contributed by atoms with Gasteiger partial charge in [-0.3, -0.25) is 0 Å². The predicted octanol–water partition coefficient (Wildman–Crippen LogP) is 13.6. The predicted molar refractivity (Wildman–Crippen MR) is 219 cm³/mol. The Morgan fingerprint density at radius 3 is 1.69 bits per heavy atom. The highest BCUT2D eigenvalue weighted by Gasteiger charge is 2.20. The van der Waals surface area contributed by atoms with Crippen LogP contribution in [0.1, 0.15) is 0 Å². The Morgan fingerprint density at radius 2 is 0.863 bits per heavy atom. The van der Waals surface area contributed by atoms with E-state index in [0.29, 0.717) is 0 Å². The number of thiophene rings is 1. The van der Waals surface area contributed by atoms with E-state index in [-0.39, 0.29) is 0 Å². The van der Waals surface area contributed by atoms with Gasteiger partial charge in [-0.1, -0.05) is 115 Å². The molecule has 11 aromatic rings. The molecule has 8 aromatic carbocycles. The minimum atomic E-state index is 1.16. The maximum absolute atomic E-state index is 2.48. The SMILES string of the molecule is c1ccc(-c2ccc(-c3ccc4c(c3)c3c5c(ccc3n4-c3ccc4c(c3)c3ccccc3n4-c3ccccc3)sc3ccccc35)cc2)cc1. The Hall–Kier alpha value is -6.42. The first-order valence-corrected chi connectivity index (χ1v) is 18.3. The van der Waals surface area contributed by atoms with Crippen molar-refractivity contribution in [3.05, 3.63) is 182 Å². The summed E-state index contributed by atoms with van der Waals surface area (Å²) in [6, 6.07) is 66.6. The first-order valence-electron chi connectivity index (χ1n) is 17.4. The molecular formula is C48H30N2S. The monoisotopic (exact) mass is 666 g/mol. The lowest BCUT2D eigenvalue weighted by molar-refractivity contribution is 1.17. The molecule has 0 radical (unpaired) electrons. The molecule has 0 saturated heterocycles. The zero-order valence-corrected chi connectivity index (χ0v) is 28.4. The third-order valence-electron chi connectivity index (χ3n) is 10.5. The molecule has 3 heteroatoms. The van der Waals surface area contributed by atoms with Crippen molar-refractivity contribution in [1.29, 1.82) is 0 Å². The topological polar surface area (TPSA) is 9.86 Å². The van der Waals surface area contributed by atoms with Crippen LogP contribution in [-0.4, -0.2) is 9.13 Å². The molecule has 0 aliphatic heterocycles. The molecular weight excluding hydrogens is 637 g/mol. The molecule has 0 amide bonds. The van der Waals surface area contributed by atoms with Crippen LogP contribution in [0.5, 0.6) is 0 Å². The van der Waals surface area contributed by atoms with Crippen LogP contribution in [-0.2, 0) is 0 Å². The Kier molecular flexibility index (Phi) is 6.16. The van der Waals surface area contributed by atoms with E-state index in [9.17, 15) is 0 Å². The second-order valence-corrected chi connectivity index (χ2v) is 14.4. The molecule has 0 bridgehead atoms. The van der Waals surface area contributed by atoms with Crippen LogP contribution in [0, 0.1) is 0 Å². The number of fused-ring (bicyclic) bond motifs is 10. The summed E-state index contributed by atoms with van der Waals surface area (Å²) in [5.74, 6) is 0. The second kappa shape index (κ2) is 11.0. The van der Waals surface area contributed by atoms with E-state index < -0.39 is 0 Å². The van der Waals surface area contributed by atoms with Gasteiger partial charge >= 0.3 is 0 Å². The Labute approximate surface area is 298 Å². The van der Waals surface area contributed by atoms with Gasteiger partial charge in [-0.25, -0.2) is 0 Å². The maximum atomic E-state index is 2.48. The van der Waals surface area contributed by atoms with Gasteiger partial charge in [0.1, 0.15) is 0 Å². The van der Waals surface area contributed by atoms with E-state index in [1.54, 1.807) is 0 Å². The number of aromatic nitrogens is 2. The summed E-state index contributed by atoms with van der Waals surface area (Å²) in [4.78, 5) is 0. The number of para-hydroxylation sites is 2. The summed E-state index contributed by atoms with van der Waals surface area (Å²) in [7, 11) is 0. The second-order valence-electron chi connectivity index (χ2n) is 13.3. The first-order chi connectivity index (χ1) is 25.3. The molecule has 238 valence electrons. The van der Waals surface area contributed by atoms with Crippen molar-refractivity contribution >= 4 is 75.1 Å². The molecule has 0 aliphatic rings. The number of benzene rings is 8. The number of nitrogens with zero attached hydrogens (tertiary/aromatic N) is 2. The van der Waals surface area contributed by atoms with Gasteiger partial charge in [0, 0.05) is 53.1 Å². The van der Waals surface area contributed by atoms with Crippen molar-refractivity contribution in [2.24, 2.45) is 0 Å². The third kappa shape index (κ3) is 4.29. The number of hydrogen-bond donors (Lipinski definition) is 0. The van der Waals surface area contributed by atoms with E-state index in [4.69, 9.17) is 0 Å². The van der Waals surface area contributed by atoms with Crippen LogP contribution in [0.4, 0.5) is 0 Å². The van der Waals surface area contributed by atoms with Crippen LogP contribution in [0.3, 0.4) is 0 Å². The lowest BCUT2D eigenvalue weighted by Gasteiger charge is -2.11. The van der Waals surface area contributed by atoms with Gasteiger partial charge < -0.3 is 9.13 Å². The molecule has 0 saturated carbocycles. The minimum Gasteiger partial charge on any atom is -0.309 e. The molecule has 11 rings (SSSR count). The first kappa shape index (κ1) is 28.4. The van der Waals surface area contributed by atoms with Crippen LogP contribution in [0.15, 0.2) is 182 Å². The summed E-state index contributed by atoms with van der Waals surface area (Å²) in [6.07, 6.45) is 0. The van der Waals surface area contributed by atoms with Gasteiger partial charge in [-0.15, -0.1) is 11.3 Å². The van der Waals surface area contributed by atoms with E-state index in [1.165, 1.54) is 91.7 Å². The Balaban J connectivity index is 1.18. The summed E-state index contributed by atoms with van der Waals surface area (Å²) >= 11 is 1.88. The fourth-order valence-electron chi connectivity index (χ4n) is 8.22. The van der Waals surface area contributed by atoms with Crippen LogP contribution in [0.25, 0.3) is 97.4 Å². The highest BCUT2D eigenvalue weighted by atomic mass is 32.1. The molecule has 2 nitrogen and oxygen atoms in total. The Morgan fingerprint density at radius 1 is 0.294 bits per heavy atom. The van der Waals surface area contributed by atoms with Crippen molar-refractivity contribution in [2.45, 2.75) is 0 Å². The summed E-state index contributed by atoms with van der Waals surface area (Å²) in [6.45, 7) is 0. The molecule has 0 aliphatic carbocycles. The fraction of sp³-hybridized carbons (Fsp3) is 0. The highest BCUT2D eigenvalue weighted by molar-refractivity contribution is 7.26. The maximum Gasteiger partial charge on any atom is 0.0548 e. The number of rotatable bonds is 4. The summed E-state index contributed by atoms with van der Waals surface area (Å²) < 4.78 is 7.51. The van der Waals surface area contributed by atoms with E-state index >= 15 is 0 Å². The molecule has 0 fully saturated rings. The van der Waals surface area contributed by atoms with Crippen LogP contribution >= 0.6 is 11.3 Å². The van der Waals surface area contributed by atoms with Gasteiger partial charge in [0.15, 0.2) is 0 Å². The van der Waals surface area contributed by atoms with Gasteiger partial charge in [0.2, 0.25) is 0 Å². The van der Waals surface area contributed by atoms with Crippen molar-refractivity contribution in [3.8, 4) is 33.6 Å². The Bertz CT molecular complexity index is 3110. The highest BCUT2D eigenvalue weighted by Crippen LogP contribution is 2.45. The zero-order chi connectivity index (χ0) is 33.5. The molecule has 3 aromatic heterocycles. The average Bonchev–Trinajstić information content (AvgIpc) is 3.85. The normalized spacial score (nSPS) is 11.9. The van der Waals surface area contributed by atoms with Crippen LogP contribution in [0.2, 0.25) is 0 Å². The summed E-state index contributed by atoms with van der Waals surface area (Å²) in [5, 5.41) is 7.76. The fourth-order valence-corrected chi connectivity index (χ4v) is 9.34. The van der Waals surface area contributed by atoms with E-state index in [1.807, 2.05) is 11.3 Å². The van der Waals surface area contributed by atoms with Gasteiger partial charge in [-0.2, -0.15) is 0 Å². The molecule has 51 heavy (non-hydrogen) atoms. The summed E-state index contributed by atoms with van der Waals surface area (Å²) in [5.41, 5.74) is 12.1. The van der Waals surface area contributed by atoms with E-state index in [2.05, 4.69) is 191 Å². The largest absolute Gasteiger partial charge is 0.309 e. The average molecular weight is 667 g/mol. The molecule has 0 unspecified atom stereocenters. The lowest BCUT2D eigenvalue weighted by atomic mass is 9.98. The molecule has 0 spiro atoms. The standard InChI is InChI=1S/C48H30N2S/c1-3-11-31(12-4-1)32-19-21-33(22-20-32)34-23-25-43-40(29-34)47-44(27-28-46-48(47)38-16-8-10-18-45(38)51-46)50(43)36-24-26-42-39(30-36)37-15-7-9-17-41(37)49(42)35-13-5-2-6-14-35/h1-30H. The lowest BCUT2D eigenvalue weighted by Crippen LogP contribution is -1.95. The third-order valence-corrected chi connectivity index (χ3v) is 11.7. The van der Waals surface area contributed by atoms with Crippen molar-refractivity contribution < 1.29 is 0 Å². The number of hydrogen-bond acceptors (Lipinski definition) is 1. The van der Waals surface area contributed by atoms with Crippen molar-refractivity contribution in [1.82, 2.24) is 9.13 Å². The van der Waals surface area contributed by atoms with Gasteiger partial charge in [-0.05, 0) is 89.0 Å². The van der Waals surface area contributed by atoms with Crippen molar-refractivity contribution in [2.75, 3.05) is 0 Å². The zero-order valence-electron chi connectivity index (χ0n) is 27.6. The van der Waals surface area contributed by atoms with Gasteiger partial charge in [0.05, 0.1) is 22.1 Å². The van der Waals surface area contributed by atoms with Crippen LogP contribution < -0.4 is 0 Å². The smallest absolute Gasteiger partial charge is 0.0548 e. The van der Waals surface area contributed by atoms with E-state index in [0.717, 1.165) is 5.69 Å². The molecule has 0 N–H and O–H groups in total. The van der Waals surface area contributed by atoms with Crippen molar-refractivity contribution in [3.63, 3.8) is 0 Å². The minimum absolute atomic E-state index is 1.16. The molecule has 3 heterocycles. The molecule has 0 atom stereocenters. The quantitative estimate of drug-likeness (QED) is 0.177. The van der Waals surface area contributed by atoms with Gasteiger partial charge in [0.25, 0.3) is 0 Å².